The van der Waals surface area contributed by atoms with Crippen LogP contribution < -0.4 is 15.4 Å². The first-order valence-corrected chi connectivity index (χ1v) is 10.7. The standard InChI is InChI=1S/C27H26N4O2/c1-5-31(6-2)23-13-10-20-15-25(27(32)33-26(20)16-23)24(21(17-28)18-29)14-9-19-7-11-22(12-8-19)30(3)4/h7-16H,5-6H2,1-4H3/b14-9+. The minimum atomic E-state index is -0.593. The van der Waals surface area contributed by atoms with Gasteiger partial charge in [0.05, 0.1) is 5.56 Å². The minimum Gasteiger partial charge on any atom is -0.422 e. The van der Waals surface area contributed by atoms with E-state index in [0.717, 1.165) is 35.4 Å². The maximum Gasteiger partial charge on any atom is 0.344 e. The predicted octanol–water partition coefficient (Wildman–Crippen LogP) is 5.22. The molecular formula is C27H26N4O2. The van der Waals surface area contributed by atoms with Crippen LogP contribution in [0.2, 0.25) is 0 Å². The Kier molecular flexibility index (Phi) is 7.33. The molecule has 3 rings (SSSR count). The number of anilines is 2. The fraction of sp³-hybridized carbons (Fsp3) is 0.222. The van der Waals surface area contributed by atoms with Crippen LogP contribution in [0.1, 0.15) is 25.0 Å². The fourth-order valence-corrected chi connectivity index (χ4v) is 3.59. The van der Waals surface area contributed by atoms with Crippen molar-refractivity contribution in [2.24, 2.45) is 0 Å². The van der Waals surface area contributed by atoms with Gasteiger partial charge in [-0.25, -0.2) is 4.79 Å². The van der Waals surface area contributed by atoms with Crippen LogP contribution in [-0.2, 0) is 0 Å². The summed E-state index contributed by atoms with van der Waals surface area (Å²) in [7, 11) is 3.92. The second-order valence-corrected chi connectivity index (χ2v) is 7.67. The van der Waals surface area contributed by atoms with Crippen molar-refractivity contribution in [1.82, 2.24) is 0 Å². The Morgan fingerprint density at radius 2 is 1.61 bits per heavy atom. The summed E-state index contributed by atoms with van der Waals surface area (Å²) in [5, 5.41) is 19.7. The second kappa shape index (κ2) is 10.3. The van der Waals surface area contributed by atoms with Gasteiger partial charge in [-0.05, 0) is 49.7 Å². The van der Waals surface area contributed by atoms with Gasteiger partial charge in [0.1, 0.15) is 23.3 Å². The third-order valence-electron chi connectivity index (χ3n) is 5.48. The molecule has 0 saturated carbocycles. The molecule has 0 bridgehead atoms. The summed E-state index contributed by atoms with van der Waals surface area (Å²) >= 11 is 0. The lowest BCUT2D eigenvalue weighted by atomic mass is 9.99. The number of nitrogens with zero attached hydrogens (tertiary/aromatic N) is 4. The van der Waals surface area contributed by atoms with Crippen molar-refractivity contribution in [3.05, 3.63) is 81.7 Å². The van der Waals surface area contributed by atoms with Gasteiger partial charge < -0.3 is 14.2 Å². The van der Waals surface area contributed by atoms with E-state index in [0.29, 0.717) is 5.58 Å². The zero-order chi connectivity index (χ0) is 24.0. The molecule has 0 fully saturated rings. The Morgan fingerprint density at radius 1 is 0.970 bits per heavy atom. The lowest BCUT2D eigenvalue weighted by Crippen LogP contribution is -2.21. The van der Waals surface area contributed by atoms with E-state index in [1.165, 1.54) is 0 Å². The predicted molar refractivity (Wildman–Crippen MR) is 134 cm³/mol. The zero-order valence-electron chi connectivity index (χ0n) is 19.3. The first kappa shape index (κ1) is 23.4. The van der Waals surface area contributed by atoms with Crippen molar-refractivity contribution in [2.75, 3.05) is 37.0 Å². The highest BCUT2D eigenvalue weighted by molar-refractivity contribution is 5.89. The van der Waals surface area contributed by atoms with E-state index in [9.17, 15) is 15.3 Å². The van der Waals surface area contributed by atoms with E-state index >= 15 is 0 Å². The third-order valence-corrected chi connectivity index (χ3v) is 5.48. The summed E-state index contributed by atoms with van der Waals surface area (Å²) in [4.78, 5) is 17.0. The molecule has 2 aromatic carbocycles. The van der Waals surface area contributed by atoms with Crippen LogP contribution in [0.15, 0.2) is 69.4 Å². The fourth-order valence-electron chi connectivity index (χ4n) is 3.59. The van der Waals surface area contributed by atoms with Crippen LogP contribution in [0.5, 0.6) is 0 Å². The highest BCUT2D eigenvalue weighted by atomic mass is 16.4. The highest BCUT2D eigenvalue weighted by Crippen LogP contribution is 2.26. The van der Waals surface area contributed by atoms with Crippen molar-refractivity contribution in [3.63, 3.8) is 0 Å². The Labute approximate surface area is 193 Å². The summed E-state index contributed by atoms with van der Waals surface area (Å²) in [6.45, 7) is 5.81. The number of benzene rings is 2. The summed E-state index contributed by atoms with van der Waals surface area (Å²) in [5.41, 5.74) is 3.03. The molecule has 6 heteroatoms. The molecule has 33 heavy (non-hydrogen) atoms. The molecule has 0 aliphatic rings. The molecule has 0 atom stereocenters. The lowest BCUT2D eigenvalue weighted by molar-refractivity contribution is 0.558. The molecule has 0 aliphatic heterocycles. The van der Waals surface area contributed by atoms with Crippen molar-refractivity contribution in [2.45, 2.75) is 13.8 Å². The van der Waals surface area contributed by atoms with E-state index in [4.69, 9.17) is 4.42 Å². The minimum absolute atomic E-state index is 0.150. The van der Waals surface area contributed by atoms with Crippen LogP contribution in [-0.4, -0.2) is 27.2 Å². The van der Waals surface area contributed by atoms with Crippen LogP contribution in [0.3, 0.4) is 0 Å². The Balaban J connectivity index is 2.09. The Hall–Kier alpha value is -4.29. The number of allylic oxidation sites excluding steroid dienone is 3. The van der Waals surface area contributed by atoms with Crippen LogP contribution >= 0.6 is 0 Å². The van der Waals surface area contributed by atoms with Gasteiger partial charge in [0.2, 0.25) is 0 Å². The number of rotatable bonds is 7. The lowest BCUT2D eigenvalue weighted by Gasteiger charge is -2.21. The first-order valence-electron chi connectivity index (χ1n) is 10.7. The van der Waals surface area contributed by atoms with Crippen LogP contribution in [0, 0.1) is 22.7 Å². The normalized spacial score (nSPS) is 10.6. The van der Waals surface area contributed by atoms with Gasteiger partial charge >= 0.3 is 5.63 Å². The van der Waals surface area contributed by atoms with Gasteiger partial charge in [0, 0.05) is 55.6 Å². The summed E-state index contributed by atoms with van der Waals surface area (Å²) in [6, 6.07) is 19.0. The van der Waals surface area contributed by atoms with Gasteiger partial charge in [-0.2, -0.15) is 10.5 Å². The average molecular weight is 439 g/mol. The number of hydrogen-bond donors (Lipinski definition) is 0. The van der Waals surface area contributed by atoms with Crippen molar-refractivity contribution >= 4 is 34.0 Å². The van der Waals surface area contributed by atoms with E-state index < -0.39 is 5.63 Å². The summed E-state index contributed by atoms with van der Waals surface area (Å²) in [6.07, 6.45) is 3.39. The topological polar surface area (TPSA) is 84.3 Å². The molecule has 166 valence electrons. The average Bonchev–Trinajstić information content (AvgIpc) is 2.82. The third kappa shape index (κ3) is 5.14. The SMILES string of the molecule is CCN(CC)c1ccc2cc(C(/C=C/c3ccc(N(C)C)cc3)=C(C#N)C#N)c(=O)oc2c1. The molecule has 0 spiro atoms. The van der Waals surface area contributed by atoms with Gasteiger partial charge in [0.15, 0.2) is 0 Å². The molecule has 0 unspecified atom stereocenters. The number of hydrogen-bond acceptors (Lipinski definition) is 6. The Morgan fingerprint density at radius 3 is 2.18 bits per heavy atom. The maximum atomic E-state index is 12.9. The first-order chi connectivity index (χ1) is 15.9. The summed E-state index contributed by atoms with van der Waals surface area (Å²) < 4.78 is 5.61. The smallest absolute Gasteiger partial charge is 0.344 e. The number of fused-ring (bicyclic) bond motifs is 1. The van der Waals surface area contributed by atoms with Crippen molar-refractivity contribution < 1.29 is 4.42 Å². The molecule has 0 N–H and O–H groups in total. The highest BCUT2D eigenvalue weighted by Gasteiger charge is 2.14. The van der Waals surface area contributed by atoms with Crippen molar-refractivity contribution in [1.29, 1.82) is 10.5 Å². The molecule has 0 saturated heterocycles. The molecule has 1 aromatic heterocycles. The molecule has 6 nitrogen and oxygen atoms in total. The largest absolute Gasteiger partial charge is 0.422 e. The van der Waals surface area contributed by atoms with E-state index in [1.807, 2.05) is 73.6 Å². The molecule has 3 aromatic rings. The summed E-state index contributed by atoms with van der Waals surface area (Å²) in [5.74, 6) is 0. The van der Waals surface area contributed by atoms with Gasteiger partial charge in [-0.1, -0.05) is 24.3 Å². The Bertz CT molecular complexity index is 1330. The zero-order valence-corrected chi connectivity index (χ0v) is 19.3. The maximum absolute atomic E-state index is 12.9. The molecule has 1 heterocycles. The van der Waals surface area contributed by atoms with Crippen molar-refractivity contribution in [3.8, 4) is 12.1 Å². The van der Waals surface area contributed by atoms with E-state index in [2.05, 4.69) is 18.7 Å². The van der Waals surface area contributed by atoms with Gasteiger partial charge in [-0.15, -0.1) is 0 Å². The molecule has 0 aliphatic carbocycles. The molecule has 0 amide bonds. The molecule has 0 radical (unpaired) electrons. The van der Waals surface area contributed by atoms with E-state index in [1.54, 1.807) is 18.2 Å². The molecular weight excluding hydrogens is 412 g/mol. The number of nitriles is 2. The monoisotopic (exact) mass is 438 g/mol. The van der Waals surface area contributed by atoms with Crippen LogP contribution in [0.25, 0.3) is 22.6 Å². The van der Waals surface area contributed by atoms with Gasteiger partial charge in [0.25, 0.3) is 0 Å². The second-order valence-electron chi connectivity index (χ2n) is 7.67. The van der Waals surface area contributed by atoms with Crippen LogP contribution in [0.4, 0.5) is 11.4 Å². The van der Waals surface area contributed by atoms with E-state index in [-0.39, 0.29) is 16.7 Å². The van der Waals surface area contributed by atoms with Gasteiger partial charge in [-0.3, -0.25) is 0 Å². The quantitative estimate of drug-likeness (QED) is 0.286.